The molecular weight excluding hydrogens is 456 g/mol. The molecule has 0 amide bonds. The quantitative estimate of drug-likeness (QED) is 0.282. The van der Waals surface area contributed by atoms with Gasteiger partial charge in [-0.05, 0) is 12.3 Å². The van der Waals surface area contributed by atoms with Crippen molar-refractivity contribution in [3.05, 3.63) is 0 Å². The molecule has 2 aliphatic carbocycles. The summed E-state index contributed by atoms with van der Waals surface area (Å²) in [5, 5.41) is 35.3. The Morgan fingerprint density at radius 2 is 1.68 bits per heavy atom. The van der Waals surface area contributed by atoms with E-state index >= 15 is 0 Å². The standard InChI is InChI=1S/C22H26O12/c1-6-14(26)31-13-10(24)20-12-8(30-7(2)23)9(18(3,4)5)19(20)11(25)15(27)33-17(19)34-22(20,16(28)32-12)21(6,13)29/h6,8-13,17,24-25,29H,1-5H3/t6-,8-,9?,10+,11+,12?,13?,17?,19?,20?,21-,22?/m1/s1. The first-order valence-electron chi connectivity index (χ1n) is 11.2. The van der Waals surface area contributed by atoms with Gasteiger partial charge in [0.2, 0.25) is 11.9 Å². The zero-order valence-corrected chi connectivity index (χ0v) is 19.1. The van der Waals surface area contributed by atoms with Gasteiger partial charge in [0, 0.05) is 12.8 Å². The van der Waals surface area contributed by atoms with Crippen molar-refractivity contribution >= 4 is 23.9 Å². The highest BCUT2D eigenvalue weighted by Gasteiger charge is 3.05. The lowest BCUT2D eigenvalue weighted by atomic mass is 9.51. The summed E-state index contributed by atoms with van der Waals surface area (Å²) in [5.41, 5.74) is -9.61. The van der Waals surface area contributed by atoms with Crippen LogP contribution in [0.4, 0.5) is 0 Å². The highest BCUT2D eigenvalue weighted by molar-refractivity contribution is 5.94. The van der Waals surface area contributed by atoms with Gasteiger partial charge in [-0.1, -0.05) is 20.8 Å². The van der Waals surface area contributed by atoms with Crippen molar-refractivity contribution in [2.75, 3.05) is 0 Å². The second kappa shape index (κ2) is 5.75. The van der Waals surface area contributed by atoms with Crippen LogP contribution in [0, 0.1) is 28.1 Å². The summed E-state index contributed by atoms with van der Waals surface area (Å²) in [5.74, 6) is -6.02. The van der Waals surface area contributed by atoms with Gasteiger partial charge in [0.25, 0.3) is 0 Å². The smallest absolute Gasteiger partial charge is 0.343 e. The number of carbonyl (C=O) groups is 4. The highest BCUT2D eigenvalue weighted by atomic mass is 16.8. The van der Waals surface area contributed by atoms with Gasteiger partial charge in [0.15, 0.2) is 23.9 Å². The lowest BCUT2D eigenvalue weighted by Crippen LogP contribution is -2.67. The Bertz CT molecular complexity index is 1060. The first-order valence-corrected chi connectivity index (χ1v) is 11.2. The van der Waals surface area contributed by atoms with Crippen LogP contribution in [-0.4, -0.2) is 87.2 Å². The van der Waals surface area contributed by atoms with Crippen molar-refractivity contribution in [2.24, 2.45) is 28.1 Å². The molecule has 0 aromatic heterocycles. The van der Waals surface area contributed by atoms with E-state index in [1.54, 1.807) is 20.8 Å². The monoisotopic (exact) mass is 482 g/mol. The molecule has 12 nitrogen and oxygen atoms in total. The first-order chi connectivity index (χ1) is 15.7. The molecule has 4 saturated heterocycles. The summed E-state index contributed by atoms with van der Waals surface area (Å²) in [6.07, 6.45) is -9.65. The van der Waals surface area contributed by atoms with E-state index in [-0.39, 0.29) is 0 Å². The normalized spacial score (nSPS) is 56.4. The van der Waals surface area contributed by atoms with Crippen LogP contribution in [0.15, 0.2) is 0 Å². The van der Waals surface area contributed by atoms with E-state index in [2.05, 4.69) is 0 Å². The van der Waals surface area contributed by atoms with Crippen LogP contribution >= 0.6 is 0 Å². The van der Waals surface area contributed by atoms with E-state index < -0.39 is 100.0 Å². The van der Waals surface area contributed by atoms with Crippen LogP contribution in [0.5, 0.6) is 0 Å². The molecule has 0 aromatic rings. The fraction of sp³-hybridized carbons (Fsp3) is 0.818. The average Bonchev–Trinajstić information content (AvgIpc) is 3.41. The van der Waals surface area contributed by atoms with Crippen molar-refractivity contribution < 1.29 is 58.2 Å². The molecule has 0 aromatic carbocycles. The van der Waals surface area contributed by atoms with E-state index in [9.17, 15) is 34.5 Å². The van der Waals surface area contributed by atoms with Crippen LogP contribution in [-0.2, 0) is 42.9 Å². The van der Waals surface area contributed by atoms with Gasteiger partial charge in [-0.3, -0.25) is 9.59 Å². The summed E-state index contributed by atoms with van der Waals surface area (Å²) in [6.45, 7) is 7.80. The predicted octanol–water partition coefficient (Wildman–Crippen LogP) is -1.83. The van der Waals surface area contributed by atoms with E-state index in [4.69, 9.17) is 23.7 Å². The Morgan fingerprint density at radius 1 is 1.03 bits per heavy atom. The van der Waals surface area contributed by atoms with Crippen LogP contribution in [0.3, 0.4) is 0 Å². The van der Waals surface area contributed by atoms with Crippen LogP contribution < -0.4 is 0 Å². The molecule has 186 valence electrons. The van der Waals surface area contributed by atoms with Crippen molar-refractivity contribution in [1.29, 1.82) is 0 Å². The van der Waals surface area contributed by atoms with E-state index in [1.165, 1.54) is 6.92 Å². The average molecular weight is 482 g/mol. The predicted molar refractivity (Wildman–Crippen MR) is 103 cm³/mol. The van der Waals surface area contributed by atoms with Gasteiger partial charge in [0.1, 0.15) is 12.2 Å². The van der Waals surface area contributed by atoms with Crippen molar-refractivity contribution in [1.82, 2.24) is 0 Å². The summed E-state index contributed by atoms with van der Waals surface area (Å²) < 4.78 is 28.2. The van der Waals surface area contributed by atoms with Gasteiger partial charge in [-0.2, -0.15) is 0 Å². The van der Waals surface area contributed by atoms with Crippen LogP contribution in [0.2, 0.25) is 0 Å². The summed E-state index contributed by atoms with van der Waals surface area (Å²) in [4.78, 5) is 51.1. The minimum atomic E-state index is -2.44. The molecular formula is C22H26O12. The summed E-state index contributed by atoms with van der Waals surface area (Å²) >= 11 is 0. The SMILES string of the molecule is CC(=O)O[C@@H]1C(C(C)(C)C)C23C(OC(=O)[C@@H]2O)OC24C(=O)OC1C32[C@@H](O)C1OC(=O)[C@@H](C)[C@@]14O. The second-order valence-corrected chi connectivity index (χ2v) is 11.4. The Kier molecular flexibility index (Phi) is 3.75. The lowest BCUT2D eigenvalue weighted by molar-refractivity contribution is -0.240. The van der Waals surface area contributed by atoms with Crippen LogP contribution in [0.25, 0.3) is 0 Å². The minimum Gasteiger partial charge on any atom is -0.458 e. The summed E-state index contributed by atoms with van der Waals surface area (Å²) in [7, 11) is 0. The molecule has 7 unspecified atom stereocenters. The van der Waals surface area contributed by atoms with Gasteiger partial charge < -0.3 is 39.0 Å². The van der Waals surface area contributed by atoms with Gasteiger partial charge in [-0.25, -0.2) is 9.59 Å². The number of aliphatic hydroxyl groups is 3. The van der Waals surface area contributed by atoms with E-state index in [1.807, 2.05) is 0 Å². The number of carbonyl (C=O) groups excluding carboxylic acids is 4. The molecule has 3 N–H and O–H groups in total. The molecule has 0 radical (unpaired) electrons. The van der Waals surface area contributed by atoms with Crippen LogP contribution in [0.1, 0.15) is 34.6 Å². The number of aliphatic hydroxyl groups excluding tert-OH is 2. The molecule has 4 heterocycles. The molecule has 6 fully saturated rings. The molecule has 6 rings (SSSR count). The maximum Gasteiger partial charge on any atom is 0.343 e. The molecule has 0 bridgehead atoms. The third kappa shape index (κ3) is 1.71. The molecule has 2 saturated carbocycles. The fourth-order valence-corrected chi connectivity index (χ4v) is 8.54. The number of hydrogen-bond acceptors (Lipinski definition) is 12. The number of hydrogen-bond donors (Lipinski definition) is 3. The molecule has 4 aliphatic heterocycles. The molecule has 12 heteroatoms. The number of fused-ring (bicyclic) bond motifs is 1. The Hall–Kier alpha value is -2.28. The Labute approximate surface area is 193 Å². The third-order valence-electron chi connectivity index (χ3n) is 9.23. The Balaban J connectivity index is 1.74. The molecule has 12 atom stereocenters. The number of rotatable bonds is 1. The molecule has 34 heavy (non-hydrogen) atoms. The number of esters is 4. The molecule has 2 spiro atoms. The van der Waals surface area contributed by atoms with Gasteiger partial charge in [-0.15, -0.1) is 0 Å². The number of ether oxygens (including phenoxy) is 5. The largest absolute Gasteiger partial charge is 0.458 e. The highest BCUT2D eigenvalue weighted by Crippen LogP contribution is 2.84. The zero-order chi connectivity index (χ0) is 25.0. The maximum absolute atomic E-state index is 13.6. The fourth-order valence-electron chi connectivity index (χ4n) is 8.54. The zero-order valence-electron chi connectivity index (χ0n) is 19.1. The topological polar surface area (TPSA) is 175 Å². The van der Waals surface area contributed by atoms with E-state index in [0.29, 0.717) is 0 Å². The van der Waals surface area contributed by atoms with E-state index in [0.717, 1.165) is 6.92 Å². The van der Waals surface area contributed by atoms with Crippen molar-refractivity contribution in [2.45, 2.75) is 82.6 Å². The summed E-state index contributed by atoms with van der Waals surface area (Å²) in [6, 6.07) is 0. The van der Waals surface area contributed by atoms with Gasteiger partial charge >= 0.3 is 23.9 Å². The second-order valence-electron chi connectivity index (χ2n) is 11.4. The van der Waals surface area contributed by atoms with Crippen molar-refractivity contribution in [3.63, 3.8) is 0 Å². The van der Waals surface area contributed by atoms with Crippen molar-refractivity contribution in [3.8, 4) is 0 Å². The maximum atomic E-state index is 13.6. The Morgan fingerprint density at radius 3 is 2.26 bits per heavy atom. The minimum absolute atomic E-state index is 0.719. The lowest BCUT2D eigenvalue weighted by Gasteiger charge is -2.47. The third-order valence-corrected chi connectivity index (χ3v) is 9.23. The van der Waals surface area contributed by atoms with Gasteiger partial charge in [0.05, 0.1) is 16.7 Å². The first kappa shape index (κ1) is 22.2. The molecule has 6 aliphatic rings.